The Bertz CT molecular complexity index is 194. The normalized spacial score (nSPS) is 12.1. The lowest BCUT2D eigenvalue weighted by molar-refractivity contribution is -0.121. The highest BCUT2D eigenvalue weighted by molar-refractivity contribution is 5.75. The third-order valence-electron chi connectivity index (χ3n) is 1.86. The molecule has 0 saturated heterocycles. The Morgan fingerprint density at radius 2 is 2.00 bits per heavy atom. The molecule has 0 spiro atoms. The number of hydrogen-bond acceptors (Lipinski definition) is 3. The van der Waals surface area contributed by atoms with Gasteiger partial charge in [-0.1, -0.05) is 6.92 Å². The fraction of sp³-hybridized carbons (Fsp3) is 0.778. The summed E-state index contributed by atoms with van der Waals surface area (Å²) in [5.74, 6) is -0.344. The Hall–Kier alpha value is -1.10. The highest BCUT2D eigenvalue weighted by Gasteiger charge is 2.05. The van der Waals surface area contributed by atoms with Crippen LogP contribution in [0.3, 0.4) is 0 Å². The van der Waals surface area contributed by atoms with E-state index in [9.17, 15) is 9.59 Å². The quantitative estimate of drug-likeness (QED) is 0.394. The number of nitrogens with one attached hydrogen (secondary N) is 1. The average Bonchev–Trinajstić information content (AvgIpc) is 2.12. The van der Waals surface area contributed by atoms with Crippen LogP contribution in [0.1, 0.15) is 39.0 Å². The molecule has 14 heavy (non-hydrogen) atoms. The number of carbonyl (C=O) groups is 2. The van der Waals surface area contributed by atoms with E-state index >= 15 is 0 Å². The van der Waals surface area contributed by atoms with E-state index in [-0.39, 0.29) is 18.0 Å². The van der Waals surface area contributed by atoms with Gasteiger partial charge in [-0.15, -0.1) is 0 Å². The molecular weight excluding hydrogens is 182 g/mol. The van der Waals surface area contributed by atoms with Gasteiger partial charge in [0.15, 0.2) is 0 Å². The van der Waals surface area contributed by atoms with Crippen molar-refractivity contribution in [3.63, 3.8) is 0 Å². The third-order valence-corrected chi connectivity index (χ3v) is 1.86. The van der Waals surface area contributed by atoms with Crippen molar-refractivity contribution in [2.24, 2.45) is 11.5 Å². The second kappa shape index (κ2) is 7.32. The predicted molar refractivity (Wildman–Crippen MR) is 54.1 cm³/mol. The Labute approximate surface area is 84.2 Å². The summed E-state index contributed by atoms with van der Waals surface area (Å²) in [6.07, 6.45) is 2.72. The van der Waals surface area contributed by atoms with Crippen LogP contribution < -0.4 is 16.8 Å². The maximum absolute atomic E-state index is 10.9. The molecule has 0 aromatic heterocycles. The molecule has 82 valence electrons. The molecule has 0 radical (unpaired) electrons. The zero-order valence-electron chi connectivity index (χ0n) is 8.58. The van der Waals surface area contributed by atoms with Crippen molar-refractivity contribution in [1.82, 2.24) is 5.32 Å². The van der Waals surface area contributed by atoms with Crippen molar-refractivity contribution in [3.05, 3.63) is 0 Å². The molecule has 0 aliphatic heterocycles. The van der Waals surface area contributed by atoms with Gasteiger partial charge in [0.2, 0.25) is 11.8 Å². The number of hydrogen-bond donors (Lipinski definition) is 3. The smallest absolute Gasteiger partial charge is 0.220 e. The van der Waals surface area contributed by atoms with Crippen molar-refractivity contribution in [2.45, 2.75) is 45.2 Å². The first-order chi connectivity index (χ1) is 6.56. The minimum Gasteiger partial charge on any atom is -0.370 e. The van der Waals surface area contributed by atoms with E-state index < -0.39 is 0 Å². The van der Waals surface area contributed by atoms with E-state index in [2.05, 4.69) is 5.32 Å². The first kappa shape index (κ1) is 12.9. The van der Waals surface area contributed by atoms with Crippen LogP contribution >= 0.6 is 0 Å². The topological polar surface area (TPSA) is 98.2 Å². The lowest BCUT2D eigenvalue weighted by Gasteiger charge is -2.12. The summed E-state index contributed by atoms with van der Waals surface area (Å²) in [6.45, 7) is 1.77. The van der Waals surface area contributed by atoms with Crippen LogP contribution in [0.25, 0.3) is 0 Å². The standard InChI is InChI=1S/C9H19N3O2/c1-2-9(14)12-7(10)5-3-4-6-8(11)13/h7H,2-6,10H2,1H3,(H2,11,13)(H,12,14)/t7-/m0/s1. The van der Waals surface area contributed by atoms with Crippen molar-refractivity contribution in [3.8, 4) is 0 Å². The molecule has 0 aliphatic rings. The first-order valence-corrected chi connectivity index (χ1v) is 4.89. The van der Waals surface area contributed by atoms with Crippen LogP contribution in [0, 0.1) is 0 Å². The number of primary amides is 1. The van der Waals surface area contributed by atoms with E-state index in [1.807, 2.05) is 0 Å². The van der Waals surface area contributed by atoms with Gasteiger partial charge in [0.25, 0.3) is 0 Å². The van der Waals surface area contributed by atoms with Gasteiger partial charge in [0.05, 0.1) is 6.17 Å². The molecule has 0 aromatic rings. The van der Waals surface area contributed by atoms with Gasteiger partial charge in [-0.2, -0.15) is 0 Å². The Morgan fingerprint density at radius 1 is 1.36 bits per heavy atom. The van der Waals surface area contributed by atoms with Crippen molar-refractivity contribution >= 4 is 11.8 Å². The molecule has 0 heterocycles. The molecule has 0 unspecified atom stereocenters. The van der Waals surface area contributed by atoms with Crippen LogP contribution in [-0.2, 0) is 9.59 Å². The second-order valence-corrected chi connectivity index (χ2v) is 3.24. The molecule has 0 aromatic carbocycles. The van der Waals surface area contributed by atoms with E-state index in [1.54, 1.807) is 6.92 Å². The molecule has 0 bridgehead atoms. The van der Waals surface area contributed by atoms with Crippen LogP contribution in [0.4, 0.5) is 0 Å². The fourth-order valence-corrected chi connectivity index (χ4v) is 1.04. The highest BCUT2D eigenvalue weighted by Crippen LogP contribution is 2.00. The molecule has 0 fully saturated rings. The number of rotatable bonds is 7. The van der Waals surface area contributed by atoms with Gasteiger partial charge in [0.1, 0.15) is 0 Å². The number of unbranched alkanes of at least 4 members (excludes halogenated alkanes) is 1. The van der Waals surface area contributed by atoms with Gasteiger partial charge in [-0.05, 0) is 19.3 Å². The largest absolute Gasteiger partial charge is 0.370 e. The van der Waals surface area contributed by atoms with Crippen LogP contribution in [0.15, 0.2) is 0 Å². The minimum atomic E-state index is -0.310. The molecule has 0 aliphatic carbocycles. The molecule has 0 saturated carbocycles. The van der Waals surface area contributed by atoms with E-state index in [0.717, 1.165) is 12.8 Å². The maximum atomic E-state index is 10.9. The summed E-state index contributed by atoms with van der Waals surface area (Å²) in [5.41, 5.74) is 10.6. The lowest BCUT2D eigenvalue weighted by atomic mass is 10.1. The lowest BCUT2D eigenvalue weighted by Crippen LogP contribution is -2.41. The van der Waals surface area contributed by atoms with Crippen molar-refractivity contribution in [2.75, 3.05) is 0 Å². The average molecular weight is 201 g/mol. The second-order valence-electron chi connectivity index (χ2n) is 3.24. The van der Waals surface area contributed by atoms with Crippen LogP contribution in [0.5, 0.6) is 0 Å². The van der Waals surface area contributed by atoms with Gasteiger partial charge >= 0.3 is 0 Å². The summed E-state index contributed by atoms with van der Waals surface area (Å²) >= 11 is 0. The summed E-state index contributed by atoms with van der Waals surface area (Å²) in [5, 5.41) is 2.64. The van der Waals surface area contributed by atoms with E-state index in [1.165, 1.54) is 0 Å². The summed E-state index contributed by atoms with van der Waals surface area (Å²) in [6, 6.07) is 0. The molecule has 0 rings (SSSR count). The summed E-state index contributed by atoms with van der Waals surface area (Å²) < 4.78 is 0. The molecular formula is C9H19N3O2. The van der Waals surface area contributed by atoms with E-state index in [0.29, 0.717) is 19.3 Å². The minimum absolute atomic E-state index is 0.0487. The molecule has 2 amide bonds. The molecule has 1 atom stereocenters. The SMILES string of the molecule is CCC(=O)N[C@H](N)CCCCC(N)=O. The maximum Gasteiger partial charge on any atom is 0.220 e. The third kappa shape index (κ3) is 7.54. The van der Waals surface area contributed by atoms with Gasteiger partial charge in [-0.3, -0.25) is 9.59 Å². The highest BCUT2D eigenvalue weighted by atomic mass is 16.2. The fourth-order valence-electron chi connectivity index (χ4n) is 1.04. The summed E-state index contributed by atoms with van der Waals surface area (Å²) in [4.78, 5) is 21.3. The van der Waals surface area contributed by atoms with Crippen molar-refractivity contribution < 1.29 is 9.59 Å². The number of nitrogens with two attached hydrogens (primary N) is 2. The van der Waals surface area contributed by atoms with Crippen LogP contribution in [-0.4, -0.2) is 18.0 Å². The molecule has 5 nitrogen and oxygen atoms in total. The molecule has 5 N–H and O–H groups in total. The van der Waals surface area contributed by atoms with Gasteiger partial charge in [-0.25, -0.2) is 0 Å². The van der Waals surface area contributed by atoms with Crippen LogP contribution in [0.2, 0.25) is 0 Å². The Kier molecular flexibility index (Phi) is 6.74. The van der Waals surface area contributed by atoms with Gasteiger partial charge in [0, 0.05) is 12.8 Å². The van der Waals surface area contributed by atoms with Gasteiger partial charge < -0.3 is 16.8 Å². The zero-order chi connectivity index (χ0) is 11.0. The van der Waals surface area contributed by atoms with Crippen molar-refractivity contribution in [1.29, 1.82) is 0 Å². The Balaban J connectivity index is 3.39. The first-order valence-electron chi connectivity index (χ1n) is 4.89. The number of carbonyl (C=O) groups excluding carboxylic acids is 2. The van der Waals surface area contributed by atoms with E-state index in [4.69, 9.17) is 11.5 Å². The predicted octanol–water partition coefficient (Wildman–Crippen LogP) is -0.157. The number of amides is 2. The monoisotopic (exact) mass is 201 g/mol. The Morgan fingerprint density at radius 3 is 2.50 bits per heavy atom. The summed E-state index contributed by atoms with van der Waals surface area (Å²) in [7, 11) is 0. The molecule has 5 heteroatoms. The zero-order valence-corrected chi connectivity index (χ0v) is 8.58.